The summed E-state index contributed by atoms with van der Waals surface area (Å²) in [6, 6.07) is 5.34. The molecule has 0 aliphatic heterocycles. The number of ether oxygens (including phenoxy) is 1. The maximum atomic E-state index is 12.1. The third kappa shape index (κ3) is 4.59. The van der Waals surface area contributed by atoms with Crippen LogP contribution in [0.4, 0.5) is 0 Å². The molecule has 104 valence electrons. The van der Waals surface area contributed by atoms with E-state index < -0.39 is 22.0 Å². The van der Waals surface area contributed by atoms with Gasteiger partial charge in [0.15, 0.2) is 0 Å². The van der Waals surface area contributed by atoms with Crippen LogP contribution in [0, 0.1) is 3.57 Å². The standard InChI is InChI=1S/C12H14INO4S/c1-3-4-11(12(15)18-2)14-19(16,17)10-7-5-9(13)6-8-10/h3,5-8,11,14H,1,4H2,2H3. The topological polar surface area (TPSA) is 72.5 Å². The van der Waals surface area contributed by atoms with Crippen LogP contribution in [-0.4, -0.2) is 27.5 Å². The Balaban J connectivity index is 2.96. The van der Waals surface area contributed by atoms with Crippen molar-refractivity contribution in [3.8, 4) is 0 Å². The van der Waals surface area contributed by atoms with Crippen molar-refractivity contribution in [2.24, 2.45) is 0 Å². The fourth-order valence-corrected chi connectivity index (χ4v) is 2.93. The number of benzene rings is 1. The molecule has 1 aromatic rings. The lowest BCUT2D eigenvalue weighted by Gasteiger charge is -2.15. The van der Waals surface area contributed by atoms with E-state index in [1.807, 2.05) is 0 Å². The minimum absolute atomic E-state index is 0.103. The van der Waals surface area contributed by atoms with Crippen LogP contribution in [0.25, 0.3) is 0 Å². The molecule has 0 spiro atoms. The van der Waals surface area contributed by atoms with Crippen molar-refractivity contribution in [3.05, 3.63) is 40.5 Å². The molecular formula is C12H14INO4S. The van der Waals surface area contributed by atoms with E-state index in [0.717, 1.165) is 3.57 Å². The summed E-state index contributed by atoms with van der Waals surface area (Å²) in [4.78, 5) is 11.6. The Bertz CT molecular complexity index is 554. The number of carbonyl (C=O) groups excluding carboxylic acids is 1. The molecule has 0 heterocycles. The van der Waals surface area contributed by atoms with Gasteiger partial charge in [0, 0.05) is 3.57 Å². The molecule has 0 fully saturated rings. The molecule has 1 aromatic carbocycles. The monoisotopic (exact) mass is 395 g/mol. The number of esters is 1. The zero-order valence-electron chi connectivity index (χ0n) is 10.3. The zero-order chi connectivity index (χ0) is 14.5. The van der Waals surface area contributed by atoms with Gasteiger partial charge in [0.1, 0.15) is 6.04 Å². The summed E-state index contributed by atoms with van der Waals surface area (Å²) in [6.07, 6.45) is 1.62. The van der Waals surface area contributed by atoms with Gasteiger partial charge in [0.25, 0.3) is 0 Å². The molecule has 1 atom stereocenters. The van der Waals surface area contributed by atoms with Crippen molar-refractivity contribution in [2.45, 2.75) is 17.4 Å². The van der Waals surface area contributed by atoms with Crippen LogP contribution in [0.2, 0.25) is 0 Å². The van der Waals surface area contributed by atoms with Crippen LogP contribution < -0.4 is 4.72 Å². The molecule has 1 unspecified atom stereocenters. The highest BCUT2D eigenvalue weighted by molar-refractivity contribution is 14.1. The van der Waals surface area contributed by atoms with Gasteiger partial charge in [-0.05, 0) is 53.3 Å². The third-order valence-corrected chi connectivity index (χ3v) is 4.52. The Morgan fingerprint density at radius 1 is 1.47 bits per heavy atom. The second-order valence-corrected chi connectivity index (χ2v) is 6.63. The van der Waals surface area contributed by atoms with E-state index in [1.165, 1.54) is 25.3 Å². The Hall–Kier alpha value is -0.930. The van der Waals surface area contributed by atoms with E-state index in [9.17, 15) is 13.2 Å². The number of halogens is 1. The normalized spacial score (nSPS) is 12.7. The molecular weight excluding hydrogens is 381 g/mol. The number of rotatable bonds is 6. The second kappa shape index (κ2) is 7.01. The van der Waals surface area contributed by atoms with Gasteiger partial charge >= 0.3 is 5.97 Å². The first-order chi connectivity index (χ1) is 8.90. The van der Waals surface area contributed by atoms with E-state index in [4.69, 9.17) is 0 Å². The summed E-state index contributed by atoms with van der Waals surface area (Å²) in [5.41, 5.74) is 0. The molecule has 1 N–H and O–H groups in total. The highest BCUT2D eigenvalue weighted by Crippen LogP contribution is 2.13. The molecule has 0 saturated heterocycles. The lowest BCUT2D eigenvalue weighted by molar-refractivity contribution is -0.142. The van der Waals surface area contributed by atoms with Crippen LogP contribution >= 0.6 is 22.6 Å². The Kier molecular flexibility index (Phi) is 5.95. The largest absolute Gasteiger partial charge is 0.468 e. The summed E-state index contributed by atoms with van der Waals surface area (Å²) in [7, 11) is -2.55. The zero-order valence-corrected chi connectivity index (χ0v) is 13.3. The van der Waals surface area contributed by atoms with Gasteiger partial charge in [-0.25, -0.2) is 8.42 Å². The minimum Gasteiger partial charge on any atom is -0.468 e. The molecule has 0 aliphatic carbocycles. The van der Waals surface area contributed by atoms with Gasteiger partial charge in [0.05, 0.1) is 12.0 Å². The Morgan fingerprint density at radius 3 is 2.53 bits per heavy atom. The highest BCUT2D eigenvalue weighted by Gasteiger charge is 2.25. The van der Waals surface area contributed by atoms with Crippen molar-refractivity contribution in [2.75, 3.05) is 7.11 Å². The maximum absolute atomic E-state index is 12.1. The third-order valence-electron chi connectivity index (χ3n) is 2.31. The SMILES string of the molecule is C=CCC(NS(=O)(=O)c1ccc(I)cc1)C(=O)OC. The first kappa shape index (κ1) is 16.1. The molecule has 0 saturated carbocycles. The van der Waals surface area contributed by atoms with Crippen molar-refractivity contribution < 1.29 is 17.9 Å². The summed E-state index contributed by atoms with van der Waals surface area (Å²) in [5.74, 6) is -0.644. The van der Waals surface area contributed by atoms with Crippen LogP contribution in [0.5, 0.6) is 0 Å². The summed E-state index contributed by atoms with van der Waals surface area (Å²) in [5, 5.41) is 0. The number of hydrogen-bond acceptors (Lipinski definition) is 4. The lowest BCUT2D eigenvalue weighted by Crippen LogP contribution is -2.41. The number of carbonyl (C=O) groups is 1. The number of methoxy groups -OCH3 is 1. The molecule has 7 heteroatoms. The molecule has 1 rings (SSSR count). The van der Waals surface area contributed by atoms with Gasteiger partial charge in [-0.15, -0.1) is 6.58 Å². The van der Waals surface area contributed by atoms with Crippen molar-refractivity contribution in [1.82, 2.24) is 4.72 Å². The van der Waals surface area contributed by atoms with Gasteiger partial charge in [0.2, 0.25) is 10.0 Å². The van der Waals surface area contributed by atoms with Crippen LogP contribution in [0.1, 0.15) is 6.42 Å². The predicted molar refractivity (Wildman–Crippen MR) is 80.1 cm³/mol. The fraction of sp³-hybridized carbons (Fsp3) is 0.250. The number of nitrogens with one attached hydrogen (secondary N) is 1. The predicted octanol–water partition coefficient (Wildman–Crippen LogP) is 1.69. The van der Waals surface area contributed by atoms with Crippen molar-refractivity contribution in [1.29, 1.82) is 0 Å². The van der Waals surface area contributed by atoms with E-state index in [1.54, 1.807) is 12.1 Å². The Labute approximate surface area is 126 Å². The van der Waals surface area contributed by atoms with Gasteiger partial charge < -0.3 is 4.74 Å². The summed E-state index contributed by atoms with van der Waals surface area (Å²) in [6.45, 7) is 3.49. The molecule has 0 amide bonds. The van der Waals surface area contributed by atoms with Crippen LogP contribution in [0.3, 0.4) is 0 Å². The van der Waals surface area contributed by atoms with Crippen molar-refractivity contribution in [3.63, 3.8) is 0 Å². The fourth-order valence-electron chi connectivity index (χ4n) is 1.37. The summed E-state index contributed by atoms with van der Waals surface area (Å²) >= 11 is 2.08. The average Bonchev–Trinajstić information content (AvgIpc) is 2.37. The van der Waals surface area contributed by atoms with Gasteiger partial charge in [-0.1, -0.05) is 6.08 Å². The quantitative estimate of drug-likeness (QED) is 0.452. The smallest absolute Gasteiger partial charge is 0.324 e. The van der Waals surface area contributed by atoms with E-state index in [2.05, 4.69) is 38.6 Å². The molecule has 0 radical (unpaired) electrons. The first-order valence-corrected chi connectivity index (χ1v) is 7.93. The van der Waals surface area contributed by atoms with Crippen LogP contribution in [0.15, 0.2) is 41.8 Å². The van der Waals surface area contributed by atoms with E-state index in [0.29, 0.717) is 0 Å². The van der Waals surface area contributed by atoms with Gasteiger partial charge in [-0.3, -0.25) is 4.79 Å². The number of hydrogen-bond donors (Lipinski definition) is 1. The Morgan fingerprint density at radius 2 is 2.05 bits per heavy atom. The molecule has 0 bridgehead atoms. The number of sulfonamides is 1. The van der Waals surface area contributed by atoms with E-state index in [-0.39, 0.29) is 11.3 Å². The second-order valence-electron chi connectivity index (χ2n) is 3.68. The molecule has 0 aliphatic rings. The molecule has 19 heavy (non-hydrogen) atoms. The van der Waals surface area contributed by atoms with Crippen LogP contribution in [-0.2, 0) is 19.6 Å². The molecule has 5 nitrogen and oxygen atoms in total. The first-order valence-electron chi connectivity index (χ1n) is 5.37. The average molecular weight is 395 g/mol. The summed E-state index contributed by atoms with van der Waals surface area (Å²) < 4.78 is 32.0. The highest BCUT2D eigenvalue weighted by atomic mass is 127. The minimum atomic E-state index is -3.76. The van der Waals surface area contributed by atoms with Gasteiger partial charge in [-0.2, -0.15) is 4.72 Å². The van der Waals surface area contributed by atoms with E-state index >= 15 is 0 Å². The van der Waals surface area contributed by atoms with Crippen molar-refractivity contribution >= 4 is 38.6 Å². The maximum Gasteiger partial charge on any atom is 0.324 e. The molecule has 0 aromatic heterocycles. The lowest BCUT2D eigenvalue weighted by atomic mass is 10.2.